The molecule has 0 amide bonds. The molecule has 1 heterocycles. The Labute approximate surface area is 126 Å². The fourth-order valence-corrected chi connectivity index (χ4v) is 3.54. The monoisotopic (exact) mass is 296 g/mol. The molecule has 1 aromatic rings. The van der Waals surface area contributed by atoms with Crippen LogP contribution >= 0.6 is 11.3 Å². The van der Waals surface area contributed by atoms with Crippen LogP contribution in [0.3, 0.4) is 0 Å². The van der Waals surface area contributed by atoms with E-state index < -0.39 is 5.60 Å². The van der Waals surface area contributed by atoms with Crippen LogP contribution in [-0.4, -0.2) is 22.2 Å². The zero-order chi connectivity index (χ0) is 14.8. The Hall–Kier alpha value is -0.450. The van der Waals surface area contributed by atoms with Crippen molar-refractivity contribution in [3.8, 4) is 0 Å². The van der Waals surface area contributed by atoms with Crippen LogP contribution in [0.1, 0.15) is 64.1 Å². The number of rotatable bonds is 4. The van der Waals surface area contributed by atoms with Gasteiger partial charge in [-0.3, -0.25) is 0 Å². The average molecular weight is 296 g/mol. The molecule has 20 heavy (non-hydrogen) atoms. The van der Waals surface area contributed by atoms with Gasteiger partial charge in [0.2, 0.25) is 0 Å². The van der Waals surface area contributed by atoms with E-state index in [2.05, 4.69) is 43.4 Å². The van der Waals surface area contributed by atoms with Crippen molar-refractivity contribution in [1.82, 2.24) is 10.3 Å². The fraction of sp³-hybridized carbons (Fsp3) is 0.812. The van der Waals surface area contributed by atoms with Crippen LogP contribution in [0.4, 0.5) is 0 Å². The SMILES string of the molecule is CC1CCC(O)(CNCc2csc(C(C)(C)C)n2)CC1. The lowest BCUT2D eigenvalue weighted by atomic mass is 9.79. The molecule has 0 aliphatic heterocycles. The lowest BCUT2D eigenvalue weighted by Crippen LogP contribution is -2.43. The van der Waals surface area contributed by atoms with Gasteiger partial charge in [-0.25, -0.2) is 4.98 Å². The summed E-state index contributed by atoms with van der Waals surface area (Å²) in [6, 6.07) is 0. The molecule has 1 saturated carbocycles. The van der Waals surface area contributed by atoms with E-state index in [4.69, 9.17) is 0 Å². The highest BCUT2D eigenvalue weighted by Gasteiger charge is 2.31. The molecule has 0 radical (unpaired) electrons. The molecule has 0 saturated heterocycles. The maximum Gasteiger partial charge on any atom is 0.0982 e. The van der Waals surface area contributed by atoms with Crippen molar-refractivity contribution in [3.05, 3.63) is 16.1 Å². The van der Waals surface area contributed by atoms with Gasteiger partial charge in [0, 0.05) is 23.9 Å². The molecule has 0 spiro atoms. The van der Waals surface area contributed by atoms with E-state index in [-0.39, 0.29) is 5.41 Å². The molecule has 0 bridgehead atoms. The summed E-state index contributed by atoms with van der Waals surface area (Å²) in [5, 5.41) is 17.2. The van der Waals surface area contributed by atoms with Crippen molar-refractivity contribution in [1.29, 1.82) is 0 Å². The standard InChI is InChI=1S/C16H28N2OS/c1-12-5-7-16(19,8-6-12)11-17-9-13-10-20-14(18-13)15(2,3)4/h10,12,17,19H,5-9,11H2,1-4H3. The molecule has 1 fully saturated rings. The van der Waals surface area contributed by atoms with Crippen molar-refractivity contribution in [3.63, 3.8) is 0 Å². The third kappa shape index (κ3) is 4.27. The molecule has 114 valence electrons. The van der Waals surface area contributed by atoms with Crippen LogP contribution in [0.2, 0.25) is 0 Å². The summed E-state index contributed by atoms with van der Waals surface area (Å²) in [6.07, 6.45) is 4.13. The minimum atomic E-state index is -0.505. The summed E-state index contributed by atoms with van der Waals surface area (Å²) in [7, 11) is 0. The molecule has 1 aromatic heterocycles. The van der Waals surface area contributed by atoms with Gasteiger partial charge in [-0.15, -0.1) is 11.3 Å². The lowest BCUT2D eigenvalue weighted by molar-refractivity contribution is -0.00634. The number of nitrogens with zero attached hydrogens (tertiary/aromatic N) is 1. The first-order valence-electron chi connectivity index (χ1n) is 7.66. The molecule has 2 rings (SSSR count). The largest absolute Gasteiger partial charge is 0.389 e. The third-order valence-electron chi connectivity index (χ3n) is 4.16. The minimum Gasteiger partial charge on any atom is -0.389 e. The Morgan fingerprint density at radius 3 is 2.60 bits per heavy atom. The highest BCUT2D eigenvalue weighted by Crippen LogP contribution is 2.31. The number of aromatic nitrogens is 1. The maximum atomic E-state index is 10.5. The summed E-state index contributed by atoms with van der Waals surface area (Å²) >= 11 is 1.73. The lowest BCUT2D eigenvalue weighted by Gasteiger charge is -2.35. The van der Waals surface area contributed by atoms with Crippen molar-refractivity contribution in [2.45, 2.75) is 70.9 Å². The number of hydrogen-bond donors (Lipinski definition) is 2. The Balaban J connectivity index is 1.80. The Morgan fingerprint density at radius 1 is 1.40 bits per heavy atom. The number of nitrogens with one attached hydrogen (secondary N) is 1. The number of aliphatic hydroxyl groups is 1. The second kappa shape index (κ2) is 6.12. The second-order valence-corrected chi connectivity index (χ2v) is 8.26. The van der Waals surface area contributed by atoms with Gasteiger partial charge >= 0.3 is 0 Å². The van der Waals surface area contributed by atoms with Gasteiger partial charge in [-0.1, -0.05) is 27.7 Å². The van der Waals surface area contributed by atoms with Crippen molar-refractivity contribution < 1.29 is 5.11 Å². The first kappa shape index (κ1) is 15.9. The van der Waals surface area contributed by atoms with Gasteiger partial charge in [0.05, 0.1) is 16.3 Å². The average Bonchev–Trinajstić information content (AvgIpc) is 2.82. The molecular weight excluding hydrogens is 268 g/mol. The van der Waals surface area contributed by atoms with Gasteiger partial charge in [0.15, 0.2) is 0 Å². The van der Waals surface area contributed by atoms with Crippen molar-refractivity contribution in [2.75, 3.05) is 6.54 Å². The smallest absolute Gasteiger partial charge is 0.0982 e. The van der Waals surface area contributed by atoms with Crippen LogP contribution in [-0.2, 0) is 12.0 Å². The Bertz CT molecular complexity index is 428. The van der Waals surface area contributed by atoms with E-state index in [1.54, 1.807) is 11.3 Å². The molecule has 0 atom stereocenters. The molecule has 0 aromatic carbocycles. The van der Waals surface area contributed by atoms with Crippen LogP contribution in [0, 0.1) is 5.92 Å². The van der Waals surface area contributed by atoms with Crippen molar-refractivity contribution in [2.24, 2.45) is 5.92 Å². The predicted molar refractivity (Wildman–Crippen MR) is 85.1 cm³/mol. The van der Waals surface area contributed by atoms with Crippen molar-refractivity contribution >= 4 is 11.3 Å². The van der Waals surface area contributed by atoms with Crippen LogP contribution < -0.4 is 5.32 Å². The van der Waals surface area contributed by atoms with E-state index in [0.717, 1.165) is 43.8 Å². The molecule has 4 heteroatoms. The van der Waals surface area contributed by atoms with E-state index in [1.807, 2.05) is 0 Å². The zero-order valence-corrected chi connectivity index (χ0v) is 14.0. The van der Waals surface area contributed by atoms with Gasteiger partial charge < -0.3 is 10.4 Å². The van der Waals surface area contributed by atoms with Gasteiger partial charge in [0.25, 0.3) is 0 Å². The van der Waals surface area contributed by atoms with E-state index >= 15 is 0 Å². The number of hydrogen-bond acceptors (Lipinski definition) is 4. The topological polar surface area (TPSA) is 45.1 Å². The second-order valence-electron chi connectivity index (χ2n) is 7.40. The molecule has 1 aliphatic rings. The third-order valence-corrected chi connectivity index (χ3v) is 5.48. The summed E-state index contributed by atoms with van der Waals surface area (Å²) < 4.78 is 0. The fourth-order valence-electron chi connectivity index (χ4n) is 2.63. The van der Waals surface area contributed by atoms with Crippen LogP contribution in [0.25, 0.3) is 0 Å². The summed E-state index contributed by atoms with van der Waals surface area (Å²) in [4.78, 5) is 4.67. The molecule has 1 aliphatic carbocycles. The Morgan fingerprint density at radius 2 is 2.05 bits per heavy atom. The molecule has 3 nitrogen and oxygen atoms in total. The highest BCUT2D eigenvalue weighted by molar-refractivity contribution is 7.09. The molecule has 2 N–H and O–H groups in total. The molecular formula is C16H28N2OS. The van der Waals surface area contributed by atoms with E-state index in [9.17, 15) is 5.11 Å². The highest BCUT2D eigenvalue weighted by atomic mass is 32.1. The summed E-state index contributed by atoms with van der Waals surface area (Å²) in [6.45, 7) is 10.3. The predicted octanol–water partition coefficient (Wildman–Crippen LogP) is 3.47. The summed E-state index contributed by atoms with van der Waals surface area (Å²) in [5.41, 5.74) is 0.712. The van der Waals surface area contributed by atoms with E-state index in [0.29, 0.717) is 6.54 Å². The number of thiazole rings is 1. The first-order chi connectivity index (χ1) is 9.28. The first-order valence-corrected chi connectivity index (χ1v) is 8.54. The quantitative estimate of drug-likeness (QED) is 0.894. The van der Waals surface area contributed by atoms with Gasteiger partial charge in [0.1, 0.15) is 0 Å². The van der Waals surface area contributed by atoms with Gasteiger partial charge in [-0.05, 0) is 31.6 Å². The van der Waals surface area contributed by atoms with E-state index in [1.165, 1.54) is 5.01 Å². The maximum absolute atomic E-state index is 10.5. The Kier molecular flexibility index (Phi) is 4.88. The molecule has 0 unspecified atom stereocenters. The van der Waals surface area contributed by atoms with Gasteiger partial charge in [-0.2, -0.15) is 0 Å². The minimum absolute atomic E-state index is 0.126. The van der Waals surface area contributed by atoms with Crippen LogP contribution in [0.5, 0.6) is 0 Å². The summed E-state index contributed by atoms with van der Waals surface area (Å²) in [5.74, 6) is 0.767. The normalized spacial score (nSPS) is 27.8. The zero-order valence-electron chi connectivity index (χ0n) is 13.2. The van der Waals surface area contributed by atoms with Crippen LogP contribution in [0.15, 0.2) is 5.38 Å².